The van der Waals surface area contributed by atoms with Crippen LogP contribution in [0.15, 0.2) is 49.4 Å². The molecule has 5 nitrogen and oxygen atoms in total. The normalized spacial score (nSPS) is 11.3. The van der Waals surface area contributed by atoms with Crippen LogP contribution in [0, 0.1) is 0 Å². The summed E-state index contributed by atoms with van der Waals surface area (Å²) in [6, 6.07) is 0.577. The molecule has 0 aromatic rings. The largest absolute Gasteiger partial charge is 0.698 e. The Labute approximate surface area is 127 Å². The highest BCUT2D eigenvalue weighted by Gasteiger charge is 2.48. The Morgan fingerprint density at radius 1 is 1.10 bits per heavy atom. The van der Waals surface area contributed by atoms with Gasteiger partial charge in [0.25, 0.3) is 0 Å². The molecule has 0 aromatic carbocycles. The average molecular weight is 312 g/mol. The molecule has 0 aliphatic carbocycles. The van der Waals surface area contributed by atoms with Crippen LogP contribution >= 0.6 is 0 Å². The summed E-state index contributed by atoms with van der Waals surface area (Å²) in [7, 11) is -3.05. The first kappa shape index (κ1) is 19.0. The first-order chi connectivity index (χ1) is 9.74. The van der Waals surface area contributed by atoms with Crippen LogP contribution in [0.25, 0.3) is 0 Å². The molecule has 21 heavy (non-hydrogen) atoms. The number of allylic oxidation sites excluding steroid dienone is 3. The van der Waals surface area contributed by atoms with Gasteiger partial charge in [-0.1, -0.05) is 26.7 Å². The van der Waals surface area contributed by atoms with Gasteiger partial charge in [0.05, 0.1) is 17.6 Å². The molecule has 0 atom stereocenters. The summed E-state index contributed by atoms with van der Waals surface area (Å²) in [4.78, 5) is 11.0. The van der Waals surface area contributed by atoms with E-state index in [4.69, 9.17) is 18.0 Å². The van der Waals surface area contributed by atoms with Crippen LogP contribution in [0.4, 0.5) is 0 Å². The standard InChI is InChI=1S/C15H24O5Si/c1-8-10-21(18-12(3)4,19-13(5)6)20-14(7)11-17-15(16)9-2/h9,11H,2-3,5,8,10H2,1,4,6-7H3. The third-order valence-electron chi connectivity index (χ3n) is 2.04. The van der Waals surface area contributed by atoms with E-state index in [0.29, 0.717) is 23.3 Å². The van der Waals surface area contributed by atoms with Crippen molar-refractivity contribution >= 4 is 14.8 Å². The second-order valence-corrected chi connectivity index (χ2v) is 6.99. The lowest BCUT2D eigenvalue weighted by Gasteiger charge is -2.30. The summed E-state index contributed by atoms with van der Waals surface area (Å²) in [6.45, 7) is 17.9. The maximum Gasteiger partial charge on any atom is 0.698 e. The lowest BCUT2D eigenvalue weighted by Crippen LogP contribution is -2.44. The minimum absolute atomic E-state index is 0.368. The highest BCUT2D eigenvalue weighted by Crippen LogP contribution is 2.25. The van der Waals surface area contributed by atoms with Crippen molar-refractivity contribution in [3.63, 3.8) is 0 Å². The molecule has 0 aliphatic rings. The van der Waals surface area contributed by atoms with Crippen LogP contribution in [0.2, 0.25) is 6.04 Å². The molecule has 0 aromatic heterocycles. The second-order valence-electron chi connectivity index (χ2n) is 4.51. The number of hydrogen-bond acceptors (Lipinski definition) is 5. The number of esters is 1. The number of rotatable bonds is 10. The summed E-state index contributed by atoms with van der Waals surface area (Å²) < 4.78 is 22.1. The van der Waals surface area contributed by atoms with E-state index in [9.17, 15) is 4.79 Å². The molecular formula is C15H24O5Si. The van der Waals surface area contributed by atoms with Gasteiger partial charge in [0, 0.05) is 6.08 Å². The third kappa shape index (κ3) is 8.04. The second kappa shape index (κ2) is 9.07. The molecule has 0 amide bonds. The highest BCUT2D eigenvalue weighted by molar-refractivity contribution is 6.61. The smallest absolute Gasteiger partial charge is 0.488 e. The van der Waals surface area contributed by atoms with Gasteiger partial charge >= 0.3 is 14.8 Å². The summed E-state index contributed by atoms with van der Waals surface area (Å²) in [6.07, 6.45) is 3.06. The van der Waals surface area contributed by atoms with Gasteiger partial charge in [-0.3, -0.25) is 0 Å². The molecule has 0 heterocycles. The van der Waals surface area contributed by atoms with Gasteiger partial charge in [-0.15, -0.1) is 0 Å². The fraction of sp³-hybridized carbons (Fsp3) is 0.400. The predicted molar refractivity (Wildman–Crippen MR) is 83.8 cm³/mol. The first-order valence-electron chi connectivity index (χ1n) is 6.62. The van der Waals surface area contributed by atoms with Crippen LogP contribution < -0.4 is 0 Å². The molecular weight excluding hydrogens is 288 g/mol. The zero-order valence-corrected chi connectivity index (χ0v) is 14.2. The van der Waals surface area contributed by atoms with E-state index in [0.717, 1.165) is 12.5 Å². The van der Waals surface area contributed by atoms with E-state index in [2.05, 4.69) is 19.7 Å². The van der Waals surface area contributed by atoms with Crippen molar-refractivity contribution in [2.75, 3.05) is 0 Å². The molecule has 0 aliphatic heterocycles. The summed E-state index contributed by atoms with van der Waals surface area (Å²) in [5.41, 5.74) is 0. The van der Waals surface area contributed by atoms with Crippen LogP contribution in [-0.4, -0.2) is 14.8 Å². The molecule has 0 radical (unpaired) electrons. The minimum Gasteiger partial charge on any atom is -0.488 e. The molecule has 0 saturated heterocycles. The zero-order valence-electron chi connectivity index (χ0n) is 13.2. The maximum absolute atomic E-state index is 11.0. The third-order valence-corrected chi connectivity index (χ3v) is 5.10. The van der Waals surface area contributed by atoms with Crippen molar-refractivity contribution in [2.24, 2.45) is 0 Å². The Kier molecular flexibility index (Phi) is 8.23. The van der Waals surface area contributed by atoms with E-state index < -0.39 is 14.8 Å². The Hall–Kier alpha value is -1.95. The van der Waals surface area contributed by atoms with Crippen molar-refractivity contribution in [1.82, 2.24) is 0 Å². The minimum atomic E-state index is -3.05. The van der Waals surface area contributed by atoms with E-state index >= 15 is 0 Å². The molecule has 0 unspecified atom stereocenters. The van der Waals surface area contributed by atoms with Gasteiger partial charge in [-0.2, -0.15) is 0 Å². The molecule has 118 valence electrons. The maximum atomic E-state index is 11.0. The Morgan fingerprint density at radius 3 is 2.00 bits per heavy atom. The predicted octanol–water partition coefficient (Wildman–Crippen LogP) is 4.04. The van der Waals surface area contributed by atoms with Gasteiger partial charge in [0.15, 0.2) is 0 Å². The first-order valence-corrected chi connectivity index (χ1v) is 8.55. The SMILES string of the molecule is C=CC(=O)OC=C(C)O[Si](CCC)(OC(=C)C)OC(=C)C. The van der Waals surface area contributed by atoms with Crippen LogP contribution in [0.3, 0.4) is 0 Å². The van der Waals surface area contributed by atoms with Crippen molar-refractivity contribution in [3.8, 4) is 0 Å². The van der Waals surface area contributed by atoms with Crippen LogP contribution in [0.5, 0.6) is 0 Å². The van der Waals surface area contributed by atoms with Crippen molar-refractivity contribution in [1.29, 1.82) is 0 Å². The molecule has 0 rings (SSSR count). The molecule has 0 bridgehead atoms. The topological polar surface area (TPSA) is 54.0 Å². The van der Waals surface area contributed by atoms with Crippen LogP contribution in [0.1, 0.15) is 34.1 Å². The summed E-state index contributed by atoms with van der Waals surface area (Å²) in [5.74, 6) is 0.787. The van der Waals surface area contributed by atoms with Crippen molar-refractivity contribution < 1.29 is 22.8 Å². The zero-order chi connectivity index (χ0) is 16.5. The quantitative estimate of drug-likeness (QED) is 0.264. The summed E-state index contributed by atoms with van der Waals surface area (Å²) >= 11 is 0. The van der Waals surface area contributed by atoms with Gasteiger partial charge < -0.3 is 18.0 Å². The summed E-state index contributed by atoms with van der Waals surface area (Å²) in [5, 5.41) is 0. The highest BCUT2D eigenvalue weighted by atomic mass is 28.4. The molecule has 0 saturated carbocycles. The Morgan fingerprint density at radius 2 is 1.62 bits per heavy atom. The fourth-order valence-electron chi connectivity index (χ4n) is 1.51. The lowest BCUT2D eigenvalue weighted by atomic mass is 10.6. The Balaban J connectivity index is 5.16. The number of carbonyl (C=O) groups is 1. The molecule has 0 fully saturated rings. The number of hydrogen-bond donors (Lipinski definition) is 0. The number of carbonyl (C=O) groups excluding carboxylic acids is 1. The molecule has 6 heteroatoms. The van der Waals surface area contributed by atoms with Gasteiger partial charge in [-0.05, 0) is 27.2 Å². The molecule has 0 N–H and O–H groups in total. The van der Waals surface area contributed by atoms with E-state index in [-0.39, 0.29) is 0 Å². The van der Waals surface area contributed by atoms with Gasteiger partial charge in [-0.25, -0.2) is 4.79 Å². The fourth-order valence-corrected chi connectivity index (χ4v) is 4.16. The van der Waals surface area contributed by atoms with Gasteiger partial charge in [0.1, 0.15) is 12.0 Å². The lowest BCUT2D eigenvalue weighted by molar-refractivity contribution is -0.132. The number of ether oxygens (including phenoxy) is 1. The Bertz CT molecular complexity index is 423. The average Bonchev–Trinajstić information content (AvgIpc) is 2.34. The van der Waals surface area contributed by atoms with Crippen LogP contribution in [-0.2, 0) is 22.8 Å². The van der Waals surface area contributed by atoms with Crippen molar-refractivity contribution in [2.45, 2.75) is 40.2 Å². The monoisotopic (exact) mass is 312 g/mol. The molecule has 0 spiro atoms. The van der Waals surface area contributed by atoms with E-state index in [1.54, 1.807) is 20.8 Å². The van der Waals surface area contributed by atoms with Gasteiger partial charge in [0.2, 0.25) is 0 Å². The van der Waals surface area contributed by atoms with E-state index in [1.165, 1.54) is 6.26 Å². The van der Waals surface area contributed by atoms with Crippen molar-refractivity contribution in [3.05, 3.63) is 49.4 Å². The van der Waals surface area contributed by atoms with E-state index in [1.807, 2.05) is 6.92 Å².